The first kappa shape index (κ1) is 20.4. The molecule has 2 N–H and O–H groups in total. The first-order chi connectivity index (χ1) is 13.8. The highest BCUT2D eigenvalue weighted by Gasteiger charge is 2.55. The third-order valence-electron chi connectivity index (χ3n) is 5.17. The molecule has 2 aromatic heterocycles. The van der Waals surface area contributed by atoms with E-state index >= 15 is 0 Å². The number of nitrogen functional groups attached to an aromatic ring is 1. The van der Waals surface area contributed by atoms with E-state index in [2.05, 4.69) is 32.6 Å². The number of alkyl halides is 1. The van der Waals surface area contributed by atoms with Crippen LogP contribution >= 0.6 is 34.2 Å². The van der Waals surface area contributed by atoms with Crippen molar-refractivity contribution in [3.8, 4) is 0 Å². The van der Waals surface area contributed by atoms with Gasteiger partial charge in [-0.25, -0.2) is 14.8 Å². The summed E-state index contributed by atoms with van der Waals surface area (Å²) in [4.78, 5) is 20.1. The lowest BCUT2D eigenvalue weighted by molar-refractivity contribution is -0.0286. The van der Waals surface area contributed by atoms with E-state index in [-0.39, 0.29) is 6.10 Å². The molecule has 1 aliphatic rings. The number of fused-ring (bicyclic) bond motifs is 1. The van der Waals surface area contributed by atoms with E-state index < -0.39 is 23.2 Å². The molecule has 0 radical (unpaired) electrons. The number of hydrogen-bond donors (Lipinski definition) is 1. The molecule has 0 bridgehead atoms. The fourth-order valence-electron chi connectivity index (χ4n) is 3.71. The Kier molecular flexibility index (Phi) is 5.43. The van der Waals surface area contributed by atoms with Crippen LogP contribution in [0.1, 0.15) is 36.9 Å². The zero-order valence-corrected chi connectivity index (χ0v) is 18.8. The molecule has 152 valence electrons. The minimum absolute atomic E-state index is 0.357. The number of anilines is 1. The van der Waals surface area contributed by atoms with Crippen LogP contribution in [0.4, 0.5) is 5.82 Å². The number of carbonyl (C=O) groups is 1. The second kappa shape index (κ2) is 7.73. The predicted octanol–water partition coefficient (Wildman–Crippen LogP) is 4.15. The zero-order valence-electron chi connectivity index (χ0n) is 15.9. The van der Waals surface area contributed by atoms with Gasteiger partial charge in [-0.1, -0.05) is 25.1 Å². The van der Waals surface area contributed by atoms with Crippen molar-refractivity contribution in [2.24, 2.45) is 0 Å². The smallest absolute Gasteiger partial charge is 0.338 e. The molecule has 3 aromatic rings. The Bertz CT molecular complexity index is 1060. The van der Waals surface area contributed by atoms with Crippen LogP contribution in [0.2, 0.25) is 0 Å². The van der Waals surface area contributed by atoms with Crippen LogP contribution < -0.4 is 5.73 Å². The third-order valence-corrected chi connectivity index (χ3v) is 6.39. The maximum Gasteiger partial charge on any atom is 0.338 e. The standard InChI is InChI=1S/C20H20ClIN4O3/c1-3-13-15(29-18(27)11-7-5-4-6-8-11)20(2,21)19(28-13)26-9-12(22)14-16(23)24-10-25-17(14)26/h4-10,13,15,19H,3H2,1-2H3,(H2,23,24,25)/t13-,15-,19-,20-/m1/s1. The molecule has 9 heteroatoms. The highest BCUT2D eigenvalue weighted by molar-refractivity contribution is 14.1. The number of carbonyl (C=O) groups excluding carboxylic acids is 1. The van der Waals surface area contributed by atoms with Crippen LogP contribution in [0.15, 0.2) is 42.9 Å². The van der Waals surface area contributed by atoms with Crippen molar-refractivity contribution in [2.45, 2.75) is 43.6 Å². The van der Waals surface area contributed by atoms with Crippen LogP contribution in [0.25, 0.3) is 11.0 Å². The third kappa shape index (κ3) is 3.47. The topological polar surface area (TPSA) is 92.3 Å². The molecule has 0 saturated carbocycles. The lowest BCUT2D eigenvalue weighted by Gasteiger charge is -2.29. The Balaban J connectivity index is 1.71. The van der Waals surface area contributed by atoms with Gasteiger partial charge in [-0.3, -0.25) is 0 Å². The number of nitrogens with two attached hydrogens (primary N) is 1. The van der Waals surface area contributed by atoms with E-state index in [9.17, 15) is 4.79 Å². The van der Waals surface area contributed by atoms with Gasteiger partial charge in [0.2, 0.25) is 0 Å². The van der Waals surface area contributed by atoms with Crippen molar-refractivity contribution in [2.75, 3.05) is 5.73 Å². The van der Waals surface area contributed by atoms with Crippen LogP contribution in [-0.4, -0.2) is 37.6 Å². The molecule has 1 saturated heterocycles. The van der Waals surface area contributed by atoms with E-state index in [1.165, 1.54) is 6.33 Å². The Morgan fingerprint density at radius 1 is 1.38 bits per heavy atom. The molecule has 3 heterocycles. The van der Waals surface area contributed by atoms with Crippen LogP contribution in [0.3, 0.4) is 0 Å². The van der Waals surface area contributed by atoms with Gasteiger partial charge in [0.15, 0.2) is 12.3 Å². The van der Waals surface area contributed by atoms with Gasteiger partial charge in [0, 0.05) is 9.77 Å². The SMILES string of the molecule is CC[C@H]1O[C@@H](n2cc(I)c3c(N)ncnc32)[C@](C)(Cl)[C@@H]1OC(=O)c1ccccc1. The molecule has 1 fully saturated rings. The lowest BCUT2D eigenvalue weighted by Crippen LogP contribution is -2.42. The Morgan fingerprint density at radius 3 is 2.79 bits per heavy atom. The van der Waals surface area contributed by atoms with E-state index in [0.717, 1.165) is 8.96 Å². The summed E-state index contributed by atoms with van der Waals surface area (Å²) in [5.74, 6) is -0.0322. The van der Waals surface area contributed by atoms with Crippen molar-refractivity contribution in [1.29, 1.82) is 0 Å². The number of esters is 1. The summed E-state index contributed by atoms with van der Waals surface area (Å²) in [7, 11) is 0. The molecule has 29 heavy (non-hydrogen) atoms. The highest BCUT2D eigenvalue weighted by atomic mass is 127. The van der Waals surface area contributed by atoms with Gasteiger partial charge in [0.25, 0.3) is 0 Å². The summed E-state index contributed by atoms with van der Waals surface area (Å²) < 4.78 is 14.9. The molecule has 0 unspecified atom stereocenters. The first-order valence-corrected chi connectivity index (χ1v) is 10.7. The minimum Gasteiger partial charge on any atom is -0.454 e. The van der Waals surface area contributed by atoms with Gasteiger partial charge >= 0.3 is 5.97 Å². The molecule has 0 spiro atoms. The Hall–Kier alpha value is -1.91. The highest BCUT2D eigenvalue weighted by Crippen LogP contribution is 2.47. The maximum atomic E-state index is 12.7. The number of rotatable bonds is 4. The monoisotopic (exact) mass is 526 g/mol. The van der Waals surface area contributed by atoms with Crippen LogP contribution in [0.5, 0.6) is 0 Å². The summed E-state index contributed by atoms with van der Waals surface area (Å²) in [6, 6.07) is 8.85. The van der Waals surface area contributed by atoms with Crippen molar-refractivity contribution in [3.05, 3.63) is 52.0 Å². The summed E-state index contributed by atoms with van der Waals surface area (Å²) in [6.07, 6.45) is 2.34. The fourth-order valence-corrected chi connectivity index (χ4v) is 4.87. The molecular weight excluding hydrogens is 507 g/mol. The fraction of sp³-hybridized carbons (Fsp3) is 0.350. The molecule has 0 aliphatic carbocycles. The average Bonchev–Trinajstić information content (AvgIpc) is 3.17. The number of benzene rings is 1. The molecule has 4 atom stereocenters. The van der Waals surface area contributed by atoms with Crippen molar-refractivity contribution < 1.29 is 14.3 Å². The Labute approximate surface area is 186 Å². The average molecular weight is 527 g/mol. The van der Waals surface area contributed by atoms with Gasteiger partial charge < -0.3 is 19.8 Å². The normalized spacial score (nSPS) is 26.7. The number of ether oxygens (including phenoxy) is 2. The van der Waals surface area contributed by atoms with Gasteiger partial charge in [-0.2, -0.15) is 0 Å². The van der Waals surface area contributed by atoms with Gasteiger partial charge in [-0.15, -0.1) is 11.6 Å². The summed E-state index contributed by atoms with van der Waals surface area (Å²) in [5.41, 5.74) is 7.14. The summed E-state index contributed by atoms with van der Waals surface area (Å²) >= 11 is 9.17. The Morgan fingerprint density at radius 2 is 2.10 bits per heavy atom. The second-order valence-corrected chi connectivity index (χ2v) is 9.10. The molecule has 1 aliphatic heterocycles. The predicted molar refractivity (Wildman–Crippen MR) is 119 cm³/mol. The van der Waals surface area contributed by atoms with Crippen molar-refractivity contribution in [3.63, 3.8) is 0 Å². The number of hydrogen-bond acceptors (Lipinski definition) is 6. The van der Waals surface area contributed by atoms with Crippen LogP contribution in [-0.2, 0) is 9.47 Å². The van der Waals surface area contributed by atoms with Gasteiger partial charge in [0.05, 0.1) is 17.1 Å². The van der Waals surface area contributed by atoms with E-state index in [1.54, 1.807) is 24.3 Å². The maximum absolute atomic E-state index is 12.7. The summed E-state index contributed by atoms with van der Waals surface area (Å²) in [5, 5.41) is 0.752. The second-order valence-electron chi connectivity index (χ2n) is 7.12. The van der Waals surface area contributed by atoms with Crippen molar-refractivity contribution in [1.82, 2.24) is 14.5 Å². The molecular formula is C20H20ClIN4O3. The first-order valence-electron chi connectivity index (χ1n) is 9.21. The van der Waals surface area contributed by atoms with E-state index in [1.807, 2.05) is 30.7 Å². The van der Waals surface area contributed by atoms with Gasteiger partial charge in [-0.05, 0) is 48.1 Å². The number of halogens is 2. The van der Waals surface area contributed by atoms with Gasteiger partial charge in [0.1, 0.15) is 22.7 Å². The minimum atomic E-state index is -1.01. The molecule has 7 nitrogen and oxygen atoms in total. The van der Waals surface area contributed by atoms with Crippen molar-refractivity contribution >= 4 is 57.0 Å². The van der Waals surface area contributed by atoms with Crippen LogP contribution in [0, 0.1) is 3.57 Å². The molecule has 4 rings (SSSR count). The molecule has 1 aromatic carbocycles. The summed E-state index contributed by atoms with van der Waals surface area (Å²) in [6.45, 7) is 3.79. The largest absolute Gasteiger partial charge is 0.454 e. The molecule has 0 amide bonds. The van der Waals surface area contributed by atoms with E-state index in [0.29, 0.717) is 23.4 Å². The number of nitrogens with zero attached hydrogens (tertiary/aromatic N) is 3. The zero-order chi connectivity index (χ0) is 20.8. The number of aromatic nitrogens is 3. The lowest BCUT2D eigenvalue weighted by atomic mass is 9.99. The van der Waals surface area contributed by atoms with E-state index in [4.69, 9.17) is 26.8 Å². The quantitative estimate of drug-likeness (QED) is 0.312.